The molecule has 4 rings (SSSR count). The van der Waals surface area contributed by atoms with Gasteiger partial charge in [-0.1, -0.05) is 64.1 Å². The Balaban J connectivity index is 1.92. The summed E-state index contributed by atoms with van der Waals surface area (Å²) in [6.07, 6.45) is 1.91. The van der Waals surface area contributed by atoms with Crippen LogP contribution in [0.2, 0.25) is 0 Å². The van der Waals surface area contributed by atoms with Crippen LogP contribution in [0.25, 0.3) is 33.4 Å². The molecule has 0 atom stereocenters. The summed E-state index contributed by atoms with van der Waals surface area (Å²) in [5.41, 5.74) is 3.14. The first-order valence-corrected chi connectivity index (χ1v) is 10.7. The van der Waals surface area contributed by atoms with Gasteiger partial charge in [-0.15, -0.1) is 0 Å². The molecule has 0 saturated carbocycles. The molecule has 0 aliphatic rings. The lowest BCUT2D eigenvalue weighted by atomic mass is 9.96. The van der Waals surface area contributed by atoms with E-state index in [2.05, 4.69) is 54.8 Å². The van der Waals surface area contributed by atoms with E-state index in [4.69, 9.17) is 0 Å². The largest absolute Gasteiger partial charge is 0.249 e. The van der Waals surface area contributed by atoms with E-state index >= 15 is 4.39 Å². The normalized spacial score (nSPS) is 11.6. The highest BCUT2D eigenvalue weighted by Gasteiger charge is 2.24. The van der Waals surface area contributed by atoms with Crippen LogP contribution in [0.4, 0.5) is 4.39 Å². The summed E-state index contributed by atoms with van der Waals surface area (Å²) in [5, 5.41) is 2.13. The molecule has 0 aliphatic carbocycles. The van der Waals surface area contributed by atoms with Gasteiger partial charge in [0.25, 0.3) is 0 Å². The summed E-state index contributed by atoms with van der Waals surface area (Å²) in [4.78, 5) is 13.9. The van der Waals surface area contributed by atoms with Crippen molar-refractivity contribution in [1.29, 1.82) is 0 Å². The van der Waals surface area contributed by atoms with Crippen molar-refractivity contribution in [3.63, 3.8) is 0 Å². The zero-order valence-electron chi connectivity index (χ0n) is 18.9. The lowest BCUT2D eigenvalue weighted by Crippen LogP contribution is -2.32. The van der Waals surface area contributed by atoms with Crippen LogP contribution in [-0.2, 0) is 7.05 Å². The highest BCUT2D eigenvalue weighted by Crippen LogP contribution is 2.32. The second-order valence-electron chi connectivity index (χ2n) is 8.70. The number of fused-ring (bicyclic) bond motifs is 1. The van der Waals surface area contributed by atoms with E-state index in [0.717, 1.165) is 33.5 Å². The van der Waals surface area contributed by atoms with Crippen molar-refractivity contribution >= 4 is 10.8 Å². The Hall–Kier alpha value is -3.21. The number of benzene rings is 2. The van der Waals surface area contributed by atoms with E-state index in [9.17, 15) is 0 Å². The zero-order chi connectivity index (χ0) is 22.3. The van der Waals surface area contributed by atoms with Gasteiger partial charge in [0.15, 0.2) is 17.8 Å². The Bertz CT molecular complexity index is 1230. The van der Waals surface area contributed by atoms with Crippen molar-refractivity contribution in [2.75, 3.05) is 0 Å². The molecule has 0 N–H and O–H groups in total. The fourth-order valence-corrected chi connectivity index (χ4v) is 3.85. The Morgan fingerprint density at radius 1 is 0.871 bits per heavy atom. The fourth-order valence-electron chi connectivity index (χ4n) is 3.85. The SMILES string of the molecule is Cc1ccc2ccccc2c1-c1c(F)cc(-c2nc(C(C)C)nc(C(C)C)n2)c[n+]1C. The van der Waals surface area contributed by atoms with Crippen LogP contribution in [0.15, 0.2) is 48.7 Å². The number of nitrogens with zero attached hydrogens (tertiary/aromatic N) is 4. The van der Waals surface area contributed by atoms with E-state index in [1.165, 1.54) is 0 Å². The topological polar surface area (TPSA) is 42.6 Å². The minimum atomic E-state index is -0.294. The fraction of sp³-hybridized carbons (Fsp3) is 0.308. The molecule has 0 amide bonds. The molecule has 4 aromatic rings. The van der Waals surface area contributed by atoms with Gasteiger partial charge in [0, 0.05) is 11.8 Å². The van der Waals surface area contributed by atoms with Crippen LogP contribution in [0.1, 0.15) is 56.7 Å². The molecule has 0 spiro atoms. The van der Waals surface area contributed by atoms with Crippen molar-refractivity contribution in [3.05, 3.63) is 71.7 Å². The summed E-state index contributed by atoms with van der Waals surface area (Å²) >= 11 is 0. The molecule has 0 unspecified atom stereocenters. The summed E-state index contributed by atoms with van der Waals surface area (Å²) in [6, 6.07) is 13.7. The lowest BCUT2D eigenvalue weighted by molar-refractivity contribution is -0.661. The first kappa shape index (κ1) is 21.0. The van der Waals surface area contributed by atoms with Crippen LogP contribution in [-0.4, -0.2) is 15.0 Å². The van der Waals surface area contributed by atoms with E-state index in [1.54, 1.807) is 6.07 Å². The number of hydrogen-bond donors (Lipinski definition) is 0. The Morgan fingerprint density at radius 3 is 2.13 bits per heavy atom. The minimum absolute atomic E-state index is 0.162. The average Bonchev–Trinajstić information content (AvgIpc) is 2.74. The molecule has 31 heavy (non-hydrogen) atoms. The van der Waals surface area contributed by atoms with Gasteiger partial charge in [-0.3, -0.25) is 0 Å². The molecule has 0 fully saturated rings. The summed E-state index contributed by atoms with van der Waals surface area (Å²) in [5.74, 6) is 2.00. The van der Waals surface area contributed by atoms with Crippen LogP contribution in [0.5, 0.6) is 0 Å². The maximum absolute atomic E-state index is 15.6. The van der Waals surface area contributed by atoms with Crippen molar-refractivity contribution in [2.45, 2.75) is 46.5 Å². The number of hydrogen-bond acceptors (Lipinski definition) is 3. The molecule has 2 aromatic carbocycles. The standard InChI is InChI=1S/C26H28FN4/c1-15(2)24-28-25(16(3)4)30-26(29-24)19-13-21(27)23(31(6)14-19)22-17(5)11-12-18-9-7-8-10-20(18)22/h7-16H,1-6H3/q+1. The van der Waals surface area contributed by atoms with Crippen LogP contribution in [0, 0.1) is 12.7 Å². The first-order valence-electron chi connectivity index (χ1n) is 10.7. The monoisotopic (exact) mass is 415 g/mol. The lowest BCUT2D eigenvalue weighted by Gasteiger charge is -2.12. The van der Waals surface area contributed by atoms with Gasteiger partial charge in [0.1, 0.15) is 18.7 Å². The molecular formula is C26H28FN4+. The number of halogens is 1. The number of aryl methyl sites for hydroxylation is 2. The first-order chi connectivity index (χ1) is 14.8. The van der Waals surface area contributed by atoms with E-state index in [-0.39, 0.29) is 17.7 Å². The van der Waals surface area contributed by atoms with Gasteiger partial charge in [-0.05, 0) is 29.3 Å². The van der Waals surface area contributed by atoms with Crippen LogP contribution in [0.3, 0.4) is 0 Å². The highest BCUT2D eigenvalue weighted by molar-refractivity contribution is 5.97. The Kier molecular flexibility index (Phi) is 5.52. The van der Waals surface area contributed by atoms with Crippen LogP contribution >= 0.6 is 0 Å². The summed E-state index contributed by atoms with van der Waals surface area (Å²) in [7, 11) is 1.87. The van der Waals surface area contributed by atoms with Gasteiger partial charge in [-0.2, -0.15) is 8.96 Å². The van der Waals surface area contributed by atoms with Gasteiger partial charge in [0.2, 0.25) is 5.69 Å². The van der Waals surface area contributed by atoms with E-state index < -0.39 is 0 Å². The van der Waals surface area contributed by atoms with Crippen molar-refractivity contribution in [1.82, 2.24) is 15.0 Å². The third-order valence-electron chi connectivity index (χ3n) is 5.53. The van der Waals surface area contributed by atoms with Crippen molar-refractivity contribution < 1.29 is 8.96 Å². The molecule has 0 aliphatic heterocycles. The third kappa shape index (κ3) is 3.92. The van der Waals surface area contributed by atoms with E-state index in [0.29, 0.717) is 17.1 Å². The molecule has 158 valence electrons. The second-order valence-corrected chi connectivity index (χ2v) is 8.70. The predicted octanol–water partition coefficient (Wildman–Crippen LogP) is 5.88. The highest BCUT2D eigenvalue weighted by atomic mass is 19.1. The van der Waals surface area contributed by atoms with Crippen molar-refractivity contribution in [2.24, 2.45) is 7.05 Å². The Labute approximate surface area is 182 Å². The quantitative estimate of drug-likeness (QED) is 0.391. The molecule has 5 heteroatoms. The Morgan fingerprint density at radius 2 is 1.52 bits per heavy atom. The molecular weight excluding hydrogens is 387 g/mol. The van der Waals surface area contributed by atoms with Gasteiger partial charge in [0.05, 0.1) is 11.1 Å². The molecule has 0 bridgehead atoms. The molecule has 0 saturated heterocycles. The molecule has 2 aromatic heterocycles. The molecule has 2 heterocycles. The number of pyridine rings is 1. The maximum Gasteiger partial charge on any atom is 0.249 e. The predicted molar refractivity (Wildman–Crippen MR) is 122 cm³/mol. The van der Waals surface area contributed by atoms with Crippen LogP contribution < -0.4 is 4.57 Å². The van der Waals surface area contributed by atoms with E-state index in [1.807, 2.05) is 49.0 Å². The summed E-state index contributed by atoms with van der Waals surface area (Å²) in [6.45, 7) is 10.2. The van der Waals surface area contributed by atoms with Gasteiger partial charge in [-0.25, -0.2) is 15.0 Å². The van der Waals surface area contributed by atoms with Gasteiger partial charge >= 0.3 is 0 Å². The zero-order valence-corrected chi connectivity index (χ0v) is 18.9. The smallest absolute Gasteiger partial charge is 0.217 e. The average molecular weight is 416 g/mol. The summed E-state index contributed by atoms with van der Waals surface area (Å²) < 4.78 is 17.5. The maximum atomic E-state index is 15.6. The van der Waals surface area contributed by atoms with Crippen molar-refractivity contribution in [3.8, 4) is 22.6 Å². The van der Waals surface area contributed by atoms with Gasteiger partial charge < -0.3 is 0 Å². The minimum Gasteiger partial charge on any atom is -0.217 e. The molecule has 4 nitrogen and oxygen atoms in total. The second kappa shape index (κ2) is 8.14. The third-order valence-corrected chi connectivity index (χ3v) is 5.53. The number of rotatable bonds is 4. The number of aromatic nitrogens is 4. The molecule has 0 radical (unpaired) electrons.